The van der Waals surface area contributed by atoms with Crippen LogP contribution in [0.15, 0.2) is 27.4 Å². The first-order valence-electron chi connectivity index (χ1n) is 6.99. The standard InChI is InChI=1S/C16H20O6/c1-9(17)4-11(18)7-13-6-10-5-12(20-2)8-14(21-3)15(10)16(19)22-13/h5-6,8-9,11,17-18H,4,7H2,1-3H3. The van der Waals surface area contributed by atoms with Gasteiger partial charge in [0.25, 0.3) is 0 Å². The average molecular weight is 308 g/mol. The van der Waals surface area contributed by atoms with E-state index in [1.165, 1.54) is 14.2 Å². The minimum absolute atomic E-state index is 0.148. The Morgan fingerprint density at radius 2 is 1.91 bits per heavy atom. The average Bonchev–Trinajstić information content (AvgIpc) is 2.44. The van der Waals surface area contributed by atoms with Gasteiger partial charge in [0.1, 0.15) is 22.6 Å². The molecule has 0 aliphatic rings. The van der Waals surface area contributed by atoms with Gasteiger partial charge in [0, 0.05) is 12.5 Å². The lowest BCUT2D eigenvalue weighted by atomic mass is 10.1. The van der Waals surface area contributed by atoms with Crippen molar-refractivity contribution in [2.75, 3.05) is 14.2 Å². The highest BCUT2D eigenvalue weighted by atomic mass is 16.5. The summed E-state index contributed by atoms with van der Waals surface area (Å²) in [7, 11) is 2.99. The highest BCUT2D eigenvalue weighted by Crippen LogP contribution is 2.29. The summed E-state index contributed by atoms with van der Waals surface area (Å²) in [6.07, 6.45) is -1.05. The third-order valence-corrected chi connectivity index (χ3v) is 3.36. The van der Waals surface area contributed by atoms with Crippen molar-refractivity contribution in [3.8, 4) is 11.5 Å². The zero-order valence-electron chi connectivity index (χ0n) is 12.8. The van der Waals surface area contributed by atoms with Gasteiger partial charge in [0.15, 0.2) is 0 Å². The van der Waals surface area contributed by atoms with Gasteiger partial charge in [-0.25, -0.2) is 4.79 Å². The van der Waals surface area contributed by atoms with E-state index in [2.05, 4.69) is 0 Å². The van der Waals surface area contributed by atoms with Gasteiger partial charge in [-0.1, -0.05) is 0 Å². The minimum atomic E-state index is -0.784. The van der Waals surface area contributed by atoms with E-state index in [9.17, 15) is 15.0 Å². The molecule has 0 amide bonds. The van der Waals surface area contributed by atoms with Gasteiger partial charge in [0.05, 0.1) is 26.4 Å². The molecule has 1 aromatic carbocycles. The number of methoxy groups -OCH3 is 2. The van der Waals surface area contributed by atoms with E-state index in [1.54, 1.807) is 25.1 Å². The van der Waals surface area contributed by atoms with Crippen molar-refractivity contribution < 1.29 is 24.1 Å². The molecule has 6 heteroatoms. The third kappa shape index (κ3) is 3.58. The van der Waals surface area contributed by atoms with Crippen molar-refractivity contribution in [3.05, 3.63) is 34.4 Å². The van der Waals surface area contributed by atoms with Crippen molar-refractivity contribution in [2.45, 2.75) is 32.0 Å². The van der Waals surface area contributed by atoms with Crippen LogP contribution in [0.4, 0.5) is 0 Å². The molecule has 2 rings (SSSR count). The normalized spacial score (nSPS) is 13.9. The van der Waals surface area contributed by atoms with Crippen molar-refractivity contribution in [2.24, 2.45) is 0 Å². The van der Waals surface area contributed by atoms with Crippen LogP contribution in [0, 0.1) is 0 Å². The Labute approximate surface area is 127 Å². The van der Waals surface area contributed by atoms with Crippen molar-refractivity contribution in [1.29, 1.82) is 0 Å². The van der Waals surface area contributed by atoms with Crippen LogP contribution in [-0.4, -0.2) is 36.6 Å². The highest BCUT2D eigenvalue weighted by Gasteiger charge is 2.15. The molecule has 1 heterocycles. The number of hydrogen-bond acceptors (Lipinski definition) is 6. The third-order valence-electron chi connectivity index (χ3n) is 3.36. The number of aliphatic hydroxyl groups is 2. The lowest BCUT2D eigenvalue weighted by molar-refractivity contribution is 0.0871. The molecule has 0 aliphatic carbocycles. The number of benzene rings is 1. The summed E-state index contributed by atoms with van der Waals surface area (Å²) in [4.78, 5) is 12.2. The summed E-state index contributed by atoms with van der Waals surface area (Å²) in [5, 5.41) is 20.1. The van der Waals surface area contributed by atoms with Gasteiger partial charge in [0.2, 0.25) is 0 Å². The Hall–Kier alpha value is -2.05. The fourth-order valence-electron chi connectivity index (χ4n) is 2.40. The lowest BCUT2D eigenvalue weighted by Crippen LogP contribution is -2.18. The van der Waals surface area contributed by atoms with Gasteiger partial charge >= 0.3 is 5.63 Å². The second kappa shape index (κ2) is 6.81. The first-order valence-corrected chi connectivity index (χ1v) is 6.99. The second-order valence-corrected chi connectivity index (χ2v) is 5.24. The monoisotopic (exact) mass is 308 g/mol. The van der Waals surface area contributed by atoms with Gasteiger partial charge in [-0.3, -0.25) is 0 Å². The molecule has 0 saturated heterocycles. The Morgan fingerprint density at radius 1 is 1.18 bits per heavy atom. The number of ether oxygens (including phenoxy) is 2. The first-order chi connectivity index (χ1) is 10.4. The molecule has 0 spiro atoms. The van der Waals surface area contributed by atoms with E-state index in [0.717, 1.165) is 0 Å². The number of aliphatic hydroxyl groups excluding tert-OH is 2. The largest absolute Gasteiger partial charge is 0.497 e. The molecule has 2 atom stereocenters. The number of rotatable bonds is 6. The molecule has 1 aromatic heterocycles. The van der Waals surface area contributed by atoms with Crippen molar-refractivity contribution >= 4 is 10.8 Å². The van der Waals surface area contributed by atoms with E-state index >= 15 is 0 Å². The summed E-state index contributed by atoms with van der Waals surface area (Å²) in [5.41, 5.74) is -0.531. The summed E-state index contributed by atoms with van der Waals surface area (Å²) >= 11 is 0. The zero-order chi connectivity index (χ0) is 16.3. The molecule has 6 nitrogen and oxygen atoms in total. The predicted octanol–water partition coefficient (Wildman–Crippen LogP) is 1.48. The smallest absolute Gasteiger partial charge is 0.347 e. The van der Waals surface area contributed by atoms with Gasteiger partial charge in [-0.2, -0.15) is 0 Å². The molecule has 0 bridgehead atoms. The van der Waals surface area contributed by atoms with E-state index in [4.69, 9.17) is 13.9 Å². The Kier molecular flexibility index (Phi) is 5.05. The Bertz CT molecular complexity index is 704. The van der Waals surface area contributed by atoms with Crippen LogP contribution < -0.4 is 15.1 Å². The molecule has 0 saturated carbocycles. The van der Waals surface area contributed by atoms with Crippen LogP contribution in [0.25, 0.3) is 10.8 Å². The van der Waals surface area contributed by atoms with E-state index < -0.39 is 17.8 Å². The molecule has 0 fully saturated rings. The molecular formula is C16H20O6. The van der Waals surface area contributed by atoms with Crippen LogP contribution >= 0.6 is 0 Å². The topological polar surface area (TPSA) is 89.1 Å². The maximum absolute atomic E-state index is 12.2. The summed E-state index contributed by atoms with van der Waals surface area (Å²) < 4.78 is 15.6. The predicted molar refractivity (Wildman–Crippen MR) is 81.6 cm³/mol. The van der Waals surface area contributed by atoms with Gasteiger partial charge in [-0.15, -0.1) is 0 Å². The fraction of sp³-hybridized carbons (Fsp3) is 0.438. The second-order valence-electron chi connectivity index (χ2n) is 5.24. The maximum atomic E-state index is 12.2. The summed E-state index contributed by atoms with van der Waals surface area (Å²) in [6, 6.07) is 4.99. The molecule has 0 aliphatic heterocycles. The lowest BCUT2D eigenvalue weighted by Gasteiger charge is -2.12. The molecule has 2 N–H and O–H groups in total. The van der Waals surface area contributed by atoms with E-state index in [0.29, 0.717) is 28.0 Å². The van der Waals surface area contributed by atoms with Gasteiger partial charge < -0.3 is 24.1 Å². The molecule has 2 unspecified atom stereocenters. The molecule has 22 heavy (non-hydrogen) atoms. The Morgan fingerprint density at radius 3 is 2.50 bits per heavy atom. The molecule has 0 radical (unpaired) electrons. The van der Waals surface area contributed by atoms with Crippen molar-refractivity contribution in [1.82, 2.24) is 0 Å². The van der Waals surface area contributed by atoms with Gasteiger partial charge in [-0.05, 0) is 30.9 Å². The quantitative estimate of drug-likeness (QED) is 0.840. The Balaban J connectivity index is 2.45. The molecule has 2 aromatic rings. The zero-order valence-corrected chi connectivity index (χ0v) is 12.8. The van der Waals surface area contributed by atoms with Crippen LogP contribution in [0.1, 0.15) is 19.1 Å². The minimum Gasteiger partial charge on any atom is -0.497 e. The van der Waals surface area contributed by atoms with E-state index in [-0.39, 0.29) is 12.8 Å². The van der Waals surface area contributed by atoms with Crippen LogP contribution in [0.2, 0.25) is 0 Å². The van der Waals surface area contributed by atoms with E-state index in [1.807, 2.05) is 0 Å². The SMILES string of the molecule is COc1cc(OC)c2c(=O)oc(CC(O)CC(C)O)cc2c1. The van der Waals surface area contributed by atoms with Crippen LogP contribution in [0.3, 0.4) is 0 Å². The number of hydrogen-bond donors (Lipinski definition) is 2. The van der Waals surface area contributed by atoms with Crippen molar-refractivity contribution in [3.63, 3.8) is 0 Å². The highest BCUT2D eigenvalue weighted by molar-refractivity contribution is 5.88. The first kappa shape index (κ1) is 16.3. The summed E-state index contributed by atoms with van der Waals surface area (Å²) in [5.74, 6) is 1.28. The molecular weight excluding hydrogens is 288 g/mol. The van der Waals surface area contributed by atoms with Crippen LogP contribution in [0.5, 0.6) is 11.5 Å². The van der Waals surface area contributed by atoms with Crippen LogP contribution in [-0.2, 0) is 6.42 Å². The summed E-state index contributed by atoms with van der Waals surface area (Å²) in [6.45, 7) is 1.59. The number of fused-ring (bicyclic) bond motifs is 1. The maximum Gasteiger partial charge on any atom is 0.347 e. The fourth-order valence-corrected chi connectivity index (χ4v) is 2.40. The molecule has 120 valence electrons.